The molecule has 152 valence electrons. The molecule has 0 radical (unpaired) electrons. The van der Waals surface area contributed by atoms with Gasteiger partial charge in [-0.15, -0.1) is 0 Å². The number of aryl methyl sites for hydroxylation is 1. The number of carbonyl (C=O) groups excluding carboxylic acids is 2. The van der Waals surface area contributed by atoms with Crippen molar-refractivity contribution < 1.29 is 19.1 Å². The average Bonchev–Trinajstić information content (AvgIpc) is 3.32. The first kappa shape index (κ1) is 19.5. The summed E-state index contributed by atoms with van der Waals surface area (Å²) < 4.78 is 11.7. The number of carbonyl (C=O) groups is 2. The lowest BCUT2D eigenvalue weighted by atomic mass is 10.0. The van der Waals surface area contributed by atoms with Crippen LogP contribution in [0.4, 0.5) is 0 Å². The van der Waals surface area contributed by atoms with Gasteiger partial charge in [0.2, 0.25) is 0 Å². The molecule has 0 N–H and O–H groups in total. The molecule has 0 spiro atoms. The standard InChI is InChI=1S/C24H27NO4/c1-4-19(25-23(26)18-11-7-8-15(2)22(18)24(25)27)16-12-13-20(28-3)21(14-16)29-17-9-5-6-10-17/h7-8,11-14,17,19H,4-6,9-10H2,1-3H3. The summed E-state index contributed by atoms with van der Waals surface area (Å²) in [6.45, 7) is 3.86. The highest BCUT2D eigenvalue weighted by molar-refractivity contribution is 6.22. The number of fused-ring (bicyclic) bond motifs is 1. The fraction of sp³-hybridized carbons (Fsp3) is 0.417. The zero-order valence-corrected chi connectivity index (χ0v) is 17.2. The maximum atomic E-state index is 13.1. The molecule has 1 aliphatic heterocycles. The van der Waals surface area contributed by atoms with Crippen LogP contribution in [-0.2, 0) is 0 Å². The second-order valence-corrected chi connectivity index (χ2v) is 7.84. The fourth-order valence-electron chi connectivity index (χ4n) is 4.50. The van der Waals surface area contributed by atoms with Gasteiger partial charge in [-0.3, -0.25) is 14.5 Å². The minimum Gasteiger partial charge on any atom is -0.493 e. The van der Waals surface area contributed by atoms with E-state index >= 15 is 0 Å². The molecule has 2 aliphatic rings. The van der Waals surface area contributed by atoms with Gasteiger partial charge in [0.15, 0.2) is 11.5 Å². The third kappa shape index (κ3) is 3.39. The summed E-state index contributed by atoms with van der Waals surface area (Å²) in [7, 11) is 1.63. The average molecular weight is 393 g/mol. The van der Waals surface area contributed by atoms with Crippen molar-refractivity contribution in [3.05, 3.63) is 58.7 Å². The highest BCUT2D eigenvalue weighted by atomic mass is 16.5. The van der Waals surface area contributed by atoms with Crippen LogP contribution in [-0.4, -0.2) is 29.9 Å². The first-order valence-corrected chi connectivity index (χ1v) is 10.4. The largest absolute Gasteiger partial charge is 0.493 e. The van der Waals surface area contributed by atoms with Crippen LogP contribution in [0.5, 0.6) is 11.5 Å². The van der Waals surface area contributed by atoms with Crippen molar-refractivity contribution in [1.29, 1.82) is 0 Å². The second kappa shape index (κ2) is 7.90. The van der Waals surface area contributed by atoms with Gasteiger partial charge in [-0.1, -0.05) is 25.1 Å². The summed E-state index contributed by atoms with van der Waals surface area (Å²) in [6, 6.07) is 10.8. The summed E-state index contributed by atoms with van der Waals surface area (Å²) in [5.74, 6) is 0.913. The molecule has 2 aromatic rings. The topological polar surface area (TPSA) is 55.8 Å². The Labute approximate surface area is 171 Å². The van der Waals surface area contributed by atoms with E-state index in [1.165, 1.54) is 17.7 Å². The van der Waals surface area contributed by atoms with Crippen LogP contribution >= 0.6 is 0 Å². The van der Waals surface area contributed by atoms with Crippen molar-refractivity contribution in [2.75, 3.05) is 7.11 Å². The van der Waals surface area contributed by atoms with E-state index in [9.17, 15) is 9.59 Å². The van der Waals surface area contributed by atoms with Gasteiger partial charge in [0.25, 0.3) is 11.8 Å². The van der Waals surface area contributed by atoms with Gasteiger partial charge in [0.1, 0.15) is 0 Å². The van der Waals surface area contributed by atoms with E-state index < -0.39 is 0 Å². The zero-order valence-electron chi connectivity index (χ0n) is 17.2. The lowest BCUT2D eigenvalue weighted by molar-refractivity contribution is 0.0577. The summed E-state index contributed by atoms with van der Waals surface area (Å²) in [6.07, 6.45) is 5.27. The predicted molar refractivity (Wildman–Crippen MR) is 111 cm³/mol. The molecule has 5 heteroatoms. The number of methoxy groups -OCH3 is 1. The van der Waals surface area contributed by atoms with Crippen LogP contribution in [0.2, 0.25) is 0 Å². The predicted octanol–water partition coefficient (Wildman–Crippen LogP) is 5.07. The maximum absolute atomic E-state index is 13.1. The van der Waals surface area contributed by atoms with Gasteiger partial charge in [0, 0.05) is 0 Å². The summed E-state index contributed by atoms with van der Waals surface area (Å²) >= 11 is 0. The van der Waals surface area contributed by atoms with Crippen LogP contribution in [0.25, 0.3) is 0 Å². The summed E-state index contributed by atoms with van der Waals surface area (Å²) in [4.78, 5) is 27.6. The molecule has 1 aliphatic carbocycles. The second-order valence-electron chi connectivity index (χ2n) is 7.84. The minimum atomic E-state index is -0.348. The molecular formula is C24H27NO4. The number of nitrogens with zero attached hydrogens (tertiary/aromatic N) is 1. The minimum absolute atomic E-state index is 0.196. The Hall–Kier alpha value is -2.82. The van der Waals surface area contributed by atoms with Gasteiger partial charge >= 0.3 is 0 Å². The van der Waals surface area contributed by atoms with Crippen molar-refractivity contribution in [1.82, 2.24) is 4.90 Å². The number of ether oxygens (including phenoxy) is 2. The number of rotatable bonds is 6. The van der Waals surface area contributed by atoms with E-state index in [0.29, 0.717) is 29.0 Å². The zero-order chi connectivity index (χ0) is 20.5. The van der Waals surface area contributed by atoms with Gasteiger partial charge in [0.05, 0.1) is 30.4 Å². The normalized spacial score (nSPS) is 17.6. The molecule has 2 amide bonds. The molecule has 0 aromatic heterocycles. The molecule has 4 rings (SSSR count). The lowest BCUT2D eigenvalue weighted by Gasteiger charge is -2.27. The summed E-state index contributed by atoms with van der Waals surface area (Å²) in [5.41, 5.74) is 2.72. The molecule has 1 fully saturated rings. The van der Waals surface area contributed by atoms with Crippen molar-refractivity contribution in [3.63, 3.8) is 0 Å². The SMILES string of the molecule is CCC(c1ccc(OC)c(OC2CCCC2)c1)N1C(=O)c2cccc(C)c2C1=O. The van der Waals surface area contributed by atoms with E-state index in [2.05, 4.69) is 0 Å². The Morgan fingerprint density at radius 3 is 2.48 bits per heavy atom. The van der Waals surface area contributed by atoms with Crippen LogP contribution in [0.3, 0.4) is 0 Å². The molecule has 2 aromatic carbocycles. The highest BCUT2D eigenvalue weighted by Crippen LogP contribution is 2.39. The van der Waals surface area contributed by atoms with E-state index in [1.54, 1.807) is 13.2 Å². The van der Waals surface area contributed by atoms with Crippen molar-refractivity contribution >= 4 is 11.8 Å². The molecule has 5 nitrogen and oxygen atoms in total. The third-order valence-electron chi connectivity index (χ3n) is 6.02. The fourth-order valence-corrected chi connectivity index (χ4v) is 4.50. The Bertz CT molecular complexity index is 946. The van der Waals surface area contributed by atoms with Gasteiger partial charge < -0.3 is 9.47 Å². The number of hydrogen-bond donors (Lipinski definition) is 0. The van der Waals surface area contributed by atoms with E-state index in [0.717, 1.165) is 24.0 Å². The Balaban J connectivity index is 1.68. The van der Waals surface area contributed by atoms with E-state index in [-0.39, 0.29) is 24.0 Å². The van der Waals surface area contributed by atoms with Crippen molar-refractivity contribution in [2.45, 2.75) is 58.1 Å². The Morgan fingerprint density at radius 1 is 1.07 bits per heavy atom. The number of hydrogen-bond acceptors (Lipinski definition) is 4. The molecule has 29 heavy (non-hydrogen) atoms. The van der Waals surface area contributed by atoms with Crippen LogP contribution in [0.15, 0.2) is 36.4 Å². The highest BCUT2D eigenvalue weighted by Gasteiger charge is 2.41. The maximum Gasteiger partial charge on any atom is 0.262 e. The monoisotopic (exact) mass is 393 g/mol. The Morgan fingerprint density at radius 2 is 1.83 bits per heavy atom. The van der Waals surface area contributed by atoms with Crippen molar-refractivity contribution in [3.8, 4) is 11.5 Å². The van der Waals surface area contributed by atoms with Gasteiger partial charge in [-0.05, 0) is 68.4 Å². The van der Waals surface area contributed by atoms with Gasteiger partial charge in [-0.25, -0.2) is 0 Å². The first-order chi connectivity index (χ1) is 14.0. The number of amides is 2. The summed E-state index contributed by atoms with van der Waals surface area (Å²) in [5, 5.41) is 0. The molecule has 1 unspecified atom stereocenters. The van der Waals surface area contributed by atoms with E-state index in [4.69, 9.17) is 9.47 Å². The lowest BCUT2D eigenvalue weighted by Crippen LogP contribution is -2.34. The van der Waals surface area contributed by atoms with Crippen molar-refractivity contribution in [2.24, 2.45) is 0 Å². The molecule has 0 bridgehead atoms. The number of benzene rings is 2. The van der Waals surface area contributed by atoms with E-state index in [1.807, 2.05) is 44.2 Å². The Kier molecular flexibility index (Phi) is 5.31. The molecule has 1 atom stereocenters. The third-order valence-corrected chi connectivity index (χ3v) is 6.02. The quantitative estimate of drug-likeness (QED) is 0.643. The first-order valence-electron chi connectivity index (χ1n) is 10.4. The molecule has 0 saturated heterocycles. The van der Waals surface area contributed by atoms with Crippen LogP contribution in [0.1, 0.15) is 76.9 Å². The van der Waals surface area contributed by atoms with Crippen LogP contribution in [0, 0.1) is 6.92 Å². The molecule has 1 saturated carbocycles. The number of imide groups is 1. The van der Waals surface area contributed by atoms with Crippen LogP contribution < -0.4 is 9.47 Å². The van der Waals surface area contributed by atoms with Gasteiger partial charge in [-0.2, -0.15) is 0 Å². The molecular weight excluding hydrogens is 366 g/mol. The smallest absolute Gasteiger partial charge is 0.262 e. The molecule has 1 heterocycles.